The van der Waals surface area contributed by atoms with E-state index in [1.54, 1.807) is 17.4 Å². The quantitative estimate of drug-likeness (QED) is 0.554. The van der Waals surface area contributed by atoms with Crippen molar-refractivity contribution in [1.29, 1.82) is 0 Å². The summed E-state index contributed by atoms with van der Waals surface area (Å²) in [6.07, 6.45) is 1.91. The highest BCUT2D eigenvalue weighted by Crippen LogP contribution is 2.11. The van der Waals surface area contributed by atoms with E-state index in [2.05, 4.69) is 22.4 Å². The number of hydrogen-bond acceptors (Lipinski definition) is 6. The molecule has 0 aromatic carbocycles. The third-order valence-corrected chi connectivity index (χ3v) is 4.86. The molecule has 2 aromatic heterocycles. The van der Waals surface area contributed by atoms with Crippen LogP contribution in [0.3, 0.4) is 0 Å². The van der Waals surface area contributed by atoms with Crippen molar-refractivity contribution in [2.75, 3.05) is 13.1 Å². The number of thiazole rings is 1. The minimum atomic E-state index is -0.286. The average molecular weight is 364 g/mol. The monoisotopic (exact) mass is 364 g/mol. The Kier molecular flexibility index (Phi) is 7.10. The molecule has 0 saturated carbocycles. The second-order valence-corrected chi connectivity index (χ2v) is 7.17. The molecule has 0 unspecified atom stereocenters. The fourth-order valence-corrected chi connectivity index (χ4v) is 3.55. The average Bonchev–Trinajstić information content (AvgIpc) is 3.17. The molecule has 6 nitrogen and oxygen atoms in total. The first-order chi connectivity index (χ1) is 11.6. The Labute approximate surface area is 149 Å². The summed E-state index contributed by atoms with van der Waals surface area (Å²) in [7, 11) is 0. The predicted octanol–water partition coefficient (Wildman–Crippen LogP) is 1.89. The molecular weight excluding hydrogens is 344 g/mol. The van der Waals surface area contributed by atoms with E-state index < -0.39 is 0 Å². The minimum Gasteiger partial charge on any atom is -0.286 e. The van der Waals surface area contributed by atoms with Gasteiger partial charge in [-0.15, -0.1) is 29.3 Å². The van der Waals surface area contributed by atoms with Crippen LogP contribution in [-0.4, -0.2) is 34.8 Å². The van der Waals surface area contributed by atoms with Gasteiger partial charge < -0.3 is 0 Å². The fraction of sp³-hybridized carbons (Fsp3) is 0.312. The highest BCUT2D eigenvalue weighted by molar-refractivity contribution is 7.10. The summed E-state index contributed by atoms with van der Waals surface area (Å²) >= 11 is 3.07. The number of aryl methyl sites for hydroxylation is 1. The molecule has 0 saturated heterocycles. The van der Waals surface area contributed by atoms with E-state index in [0.29, 0.717) is 13.1 Å². The highest BCUT2D eigenvalue weighted by atomic mass is 32.1. The Morgan fingerprint density at radius 1 is 1.33 bits per heavy atom. The number of hydrogen-bond donors (Lipinski definition) is 2. The fourth-order valence-electron chi connectivity index (χ4n) is 2.04. The molecule has 8 heteroatoms. The van der Waals surface area contributed by atoms with Crippen molar-refractivity contribution in [2.45, 2.75) is 19.9 Å². The van der Waals surface area contributed by atoms with Crippen molar-refractivity contribution in [3.63, 3.8) is 0 Å². The van der Waals surface area contributed by atoms with Crippen LogP contribution < -0.4 is 10.9 Å². The molecule has 128 valence electrons. The molecule has 2 amide bonds. The molecular formula is C16H20N4O2S2. The van der Waals surface area contributed by atoms with Crippen LogP contribution in [0.25, 0.3) is 0 Å². The van der Waals surface area contributed by atoms with Crippen molar-refractivity contribution in [3.8, 4) is 0 Å². The van der Waals surface area contributed by atoms with Gasteiger partial charge >= 0.3 is 0 Å². The zero-order valence-electron chi connectivity index (χ0n) is 13.4. The van der Waals surface area contributed by atoms with E-state index in [1.165, 1.54) is 16.2 Å². The maximum absolute atomic E-state index is 12.0. The minimum absolute atomic E-state index is 0.157. The molecule has 0 aliphatic carbocycles. The number of amides is 2. The number of nitrogens with zero attached hydrogens (tertiary/aromatic N) is 2. The molecule has 2 aromatic rings. The van der Waals surface area contributed by atoms with Gasteiger partial charge in [-0.2, -0.15) is 0 Å². The van der Waals surface area contributed by atoms with E-state index in [-0.39, 0.29) is 24.8 Å². The van der Waals surface area contributed by atoms with Crippen LogP contribution in [0.1, 0.15) is 15.6 Å². The van der Waals surface area contributed by atoms with E-state index >= 15 is 0 Å². The van der Waals surface area contributed by atoms with Gasteiger partial charge in [0.25, 0.3) is 5.91 Å². The summed E-state index contributed by atoms with van der Waals surface area (Å²) in [5.41, 5.74) is 5.76. The van der Waals surface area contributed by atoms with E-state index in [9.17, 15) is 9.59 Å². The number of rotatable bonds is 8. The largest absolute Gasteiger partial charge is 0.286 e. The molecule has 24 heavy (non-hydrogen) atoms. The number of thiophene rings is 1. The van der Waals surface area contributed by atoms with Gasteiger partial charge in [0.1, 0.15) is 5.01 Å². The Bertz CT molecular complexity index is 682. The summed E-state index contributed by atoms with van der Waals surface area (Å²) in [6.45, 7) is 7.04. The van der Waals surface area contributed by atoms with Gasteiger partial charge in [-0.25, -0.2) is 4.98 Å². The van der Waals surface area contributed by atoms with Gasteiger partial charge in [-0.3, -0.25) is 25.3 Å². The zero-order valence-corrected chi connectivity index (χ0v) is 15.1. The SMILES string of the molecule is C=CCN(CC(=O)NNC(=O)Cc1nc(C)cs1)Cc1cccs1. The predicted molar refractivity (Wildman–Crippen MR) is 96.6 cm³/mol. The van der Waals surface area contributed by atoms with Crippen LogP contribution in [-0.2, 0) is 22.6 Å². The van der Waals surface area contributed by atoms with Crippen molar-refractivity contribution in [3.05, 3.63) is 51.1 Å². The summed E-state index contributed by atoms with van der Waals surface area (Å²) in [6, 6.07) is 4.00. The summed E-state index contributed by atoms with van der Waals surface area (Å²) in [4.78, 5) is 31.2. The second kappa shape index (κ2) is 9.31. The summed E-state index contributed by atoms with van der Waals surface area (Å²) in [5.74, 6) is -0.552. The van der Waals surface area contributed by atoms with E-state index in [1.807, 2.05) is 34.7 Å². The van der Waals surface area contributed by atoms with E-state index in [0.717, 1.165) is 10.7 Å². The van der Waals surface area contributed by atoms with Gasteiger partial charge in [0.05, 0.1) is 13.0 Å². The Hall–Kier alpha value is -2.03. The molecule has 0 atom stereocenters. The topological polar surface area (TPSA) is 74.3 Å². The third kappa shape index (κ3) is 6.23. The molecule has 0 fully saturated rings. The first-order valence-corrected chi connectivity index (χ1v) is 9.17. The maximum Gasteiger partial charge on any atom is 0.252 e. The van der Waals surface area contributed by atoms with Gasteiger partial charge in [-0.05, 0) is 18.4 Å². The number of carbonyl (C=O) groups is 2. The van der Waals surface area contributed by atoms with Crippen molar-refractivity contribution in [1.82, 2.24) is 20.7 Å². The highest BCUT2D eigenvalue weighted by Gasteiger charge is 2.12. The van der Waals surface area contributed by atoms with Crippen molar-refractivity contribution < 1.29 is 9.59 Å². The van der Waals surface area contributed by atoms with Gasteiger partial charge in [0.2, 0.25) is 5.91 Å². The van der Waals surface area contributed by atoms with Crippen LogP contribution in [0.15, 0.2) is 35.5 Å². The Morgan fingerprint density at radius 3 is 2.75 bits per heavy atom. The zero-order chi connectivity index (χ0) is 17.4. The Balaban J connectivity index is 1.75. The number of aromatic nitrogens is 1. The standard InChI is InChI=1S/C16H20N4O2S2/c1-3-6-20(9-13-5-4-7-23-13)10-15(22)19-18-14(21)8-16-17-12(2)11-24-16/h3-5,7,11H,1,6,8-10H2,2H3,(H,18,21)(H,19,22). The summed E-state index contributed by atoms with van der Waals surface area (Å²) < 4.78 is 0. The van der Waals surface area contributed by atoms with Crippen LogP contribution in [0.2, 0.25) is 0 Å². The second-order valence-electron chi connectivity index (χ2n) is 5.19. The van der Waals surface area contributed by atoms with Crippen LogP contribution in [0.4, 0.5) is 0 Å². The number of carbonyl (C=O) groups excluding carboxylic acids is 2. The van der Waals surface area contributed by atoms with E-state index in [4.69, 9.17) is 0 Å². The smallest absolute Gasteiger partial charge is 0.252 e. The molecule has 0 radical (unpaired) electrons. The lowest BCUT2D eigenvalue weighted by molar-refractivity contribution is -0.129. The first-order valence-electron chi connectivity index (χ1n) is 7.41. The normalized spacial score (nSPS) is 10.6. The lowest BCUT2D eigenvalue weighted by Gasteiger charge is -2.19. The molecule has 2 heterocycles. The third-order valence-electron chi connectivity index (χ3n) is 3.03. The van der Waals surface area contributed by atoms with Crippen molar-refractivity contribution >= 4 is 34.5 Å². The first kappa shape index (κ1) is 18.3. The summed E-state index contributed by atoms with van der Waals surface area (Å²) in [5, 5.41) is 4.62. The van der Waals surface area contributed by atoms with Crippen molar-refractivity contribution in [2.24, 2.45) is 0 Å². The number of nitrogens with one attached hydrogen (secondary N) is 2. The molecule has 0 aliphatic rings. The van der Waals surface area contributed by atoms with Gasteiger partial charge in [0, 0.05) is 29.0 Å². The lowest BCUT2D eigenvalue weighted by Crippen LogP contribution is -2.46. The van der Waals surface area contributed by atoms with Gasteiger partial charge in [-0.1, -0.05) is 12.1 Å². The molecule has 0 bridgehead atoms. The molecule has 2 N–H and O–H groups in total. The van der Waals surface area contributed by atoms with Crippen LogP contribution in [0.5, 0.6) is 0 Å². The molecule has 0 spiro atoms. The number of hydrazine groups is 1. The van der Waals surface area contributed by atoms with Crippen LogP contribution >= 0.6 is 22.7 Å². The maximum atomic E-state index is 12.0. The molecule has 2 rings (SSSR count). The van der Waals surface area contributed by atoms with Gasteiger partial charge in [0.15, 0.2) is 0 Å². The molecule has 0 aliphatic heterocycles. The Morgan fingerprint density at radius 2 is 2.12 bits per heavy atom. The van der Waals surface area contributed by atoms with Crippen LogP contribution in [0, 0.1) is 6.92 Å². The lowest BCUT2D eigenvalue weighted by atomic mass is 10.4.